The van der Waals surface area contributed by atoms with Crippen LogP contribution in [-0.2, 0) is 10.2 Å². The van der Waals surface area contributed by atoms with Crippen molar-refractivity contribution in [3.05, 3.63) is 65.7 Å². The van der Waals surface area contributed by atoms with Crippen molar-refractivity contribution in [3.8, 4) is 5.75 Å². The van der Waals surface area contributed by atoms with Gasteiger partial charge >= 0.3 is 0 Å². The number of hydrogen-bond donors (Lipinski definition) is 1. The first-order valence-electron chi connectivity index (χ1n) is 10.6. The molecule has 2 aromatic carbocycles. The average Bonchev–Trinajstić information content (AvgIpc) is 3.15. The molecule has 0 radical (unpaired) electrons. The van der Waals surface area contributed by atoms with Crippen molar-refractivity contribution < 1.29 is 9.53 Å². The Morgan fingerprint density at radius 3 is 2.69 bits per heavy atom. The van der Waals surface area contributed by atoms with E-state index in [2.05, 4.69) is 67.4 Å². The lowest BCUT2D eigenvalue weighted by Crippen LogP contribution is -2.58. The molecule has 29 heavy (non-hydrogen) atoms. The topological polar surface area (TPSA) is 41.6 Å². The first kappa shape index (κ1) is 19.6. The first-order valence-corrected chi connectivity index (χ1v) is 10.6. The van der Waals surface area contributed by atoms with Gasteiger partial charge in [0, 0.05) is 16.7 Å². The van der Waals surface area contributed by atoms with E-state index in [-0.39, 0.29) is 11.3 Å². The highest BCUT2D eigenvalue weighted by molar-refractivity contribution is 5.91. The second kappa shape index (κ2) is 7.58. The molecule has 2 heterocycles. The highest BCUT2D eigenvalue weighted by Gasteiger charge is 2.59. The summed E-state index contributed by atoms with van der Waals surface area (Å²) >= 11 is 0. The maximum absolute atomic E-state index is 12.4. The average molecular weight is 391 g/mol. The SMILES string of the molecule is CCCCCOc1ccccc1C=C[C@@]12NC(=O)CN1c1ccccc1C2(C)C. The number of unbranched alkanes of at least 4 members (excludes halogenated alkanes) is 2. The van der Waals surface area contributed by atoms with E-state index >= 15 is 0 Å². The summed E-state index contributed by atoms with van der Waals surface area (Å²) in [6.45, 7) is 7.70. The number of ether oxygens (including phenoxy) is 1. The second-order valence-corrected chi connectivity index (χ2v) is 8.47. The summed E-state index contributed by atoms with van der Waals surface area (Å²) in [6.07, 6.45) is 7.66. The Balaban J connectivity index is 1.67. The molecule has 1 N–H and O–H groups in total. The van der Waals surface area contributed by atoms with Gasteiger partial charge in [0.1, 0.15) is 11.4 Å². The molecule has 0 spiro atoms. The van der Waals surface area contributed by atoms with Crippen LogP contribution in [0.5, 0.6) is 5.75 Å². The number of carbonyl (C=O) groups excluding carboxylic acids is 1. The lowest BCUT2D eigenvalue weighted by atomic mass is 9.75. The Morgan fingerprint density at radius 2 is 1.86 bits per heavy atom. The molecule has 2 aliphatic rings. The van der Waals surface area contributed by atoms with Crippen molar-refractivity contribution >= 4 is 17.7 Å². The number of rotatable bonds is 7. The number of nitrogens with zero attached hydrogens (tertiary/aromatic N) is 1. The van der Waals surface area contributed by atoms with Crippen molar-refractivity contribution in [2.24, 2.45) is 0 Å². The van der Waals surface area contributed by atoms with E-state index in [1.807, 2.05) is 24.3 Å². The summed E-state index contributed by atoms with van der Waals surface area (Å²) in [4.78, 5) is 14.6. The number of amides is 1. The number of fused-ring (bicyclic) bond motifs is 3. The molecule has 1 fully saturated rings. The minimum Gasteiger partial charge on any atom is -0.493 e. The minimum absolute atomic E-state index is 0.0568. The van der Waals surface area contributed by atoms with Crippen molar-refractivity contribution in [1.82, 2.24) is 5.32 Å². The van der Waals surface area contributed by atoms with Gasteiger partial charge in [-0.3, -0.25) is 4.79 Å². The van der Waals surface area contributed by atoms with E-state index < -0.39 is 5.66 Å². The molecule has 0 saturated carbocycles. The maximum atomic E-state index is 12.4. The molecular formula is C25H30N2O2. The highest BCUT2D eigenvalue weighted by atomic mass is 16.5. The Hall–Kier alpha value is -2.75. The zero-order valence-corrected chi connectivity index (χ0v) is 17.6. The summed E-state index contributed by atoms with van der Waals surface area (Å²) < 4.78 is 6.05. The Labute approximate surface area is 173 Å². The van der Waals surface area contributed by atoms with Crippen LogP contribution in [-0.4, -0.2) is 24.7 Å². The molecule has 0 unspecified atom stereocenters. The van der Waals surface area contributed by atoms with Gasteiger partial charge in [0.05, 0.1) is 13.2 Å². The lowest BCUT2D eigenvalue weighted by molar-refractivity contribution is -0.118. The number of hydrogen-bond acceptors (Lipinski definition) is 3. The van der Waals surface area contributed by atoms with Gasteiger partial charge in [0.15, 0.2) is 0 Å². The van der Waals surface area contributed by atoms with Crippen molar-refractivity contribution in [2.45, 2.75) is 51.1 Å². The third kappa shape index (κ3) is 3.21. The molecule has 0 bridgehead atoms. The molecule has 1 saturated heterocycles. The van der Waals surface area contributed by atoms with Gasteiger partial charge in [0.2, 0.25) is 5.91 Å². The summed E-state index contributed by atoms with van der Waals surface area (Å²) in [5, 5.41) is 3.28. The van der Waals surface area contributed by atoms with Gasteiger partial charge < -0.3 is 15.0 Å². The van der Waals surface area contributed by atoms with Crippen LogP contribution in [0.25, 0.3) is 6.08 Å². The van der Waals surface area contributed by atoms with E-state index in [1.54, 1.807) is 0 Å². The third-order valence-electron chi connectivity index (χ3n) is 6.31. The van der Waals surface area contributed by atoms with E-state index in [4.69, 9.17) is 4.74 Å². The molecule has 2 aromatic rings. The molecule has 0 aliphatic carbocycles. The van der Waals surface area contributed by atoms with Gasteiger partial charge in [-0.25, -0.2) is 0 Å². The largest absolute Gasteiger partial charge is 0.493 e. The molecule has 1 amide bonds. The van der Waals surface area contributed by atoms with Crippen LogP contribution in [0, 0.1) is 0 Å². The third-order valence-corrected chi connectivity index (χ3v) is 6.31. The maximum Gasteiger partial charge on any atom is 0.241 e. The second-order valence-electron chi connectivity index (χ2n) is 8.47. The van der Waals surface area contributed by atoms with E-state index in [0.29, 0.717) is 6.54 Å². The number of carbonyl (C=O) groups is 1. The standard InChI is InChI=1S/C25H30N2O2/c1-4-5-10-17-29-22-14-9-6-11-19(22)15-16-25-24(2,3)20-12-7-8-13-21(20)27(25)18-23(28)26-25/h6-9,11-16H,4-5,10,17-18H2,1-3H3,(H,26,28)/t25-/m1/s1. The fraction of sp³-hybridized carbons (Fsp3) is 0.400. The molecule has 4 heteroatoms. The predicted octanol–water partition coefficient (Wildman–Crippen LogP) is 4.89. The smallest absolute Gasteiger partial charge is 0.241 e. The van der Waals surface area contributed by atoms with Crippen LogP contribution < -0.4 is 15.0 Å². The van der Waals surface area contributed by atoms with Gasteiger partial charge in [-0.15, -0.1) is 0 Å². The van der Waals surface area contributed by atoms with Crippen LogP contribution in [0.15, 0.2) is 54.6 Å². The molecule has 4 nitrogen and oxygen atoms in total. The zero-order chi connectivity index (χ0) is 20.5. The predicted molar refractivity (Wildman–Crippen MR) is 118 cm³/mol. The first-order chi connectivity index (χ1) is 14.0. The monoisotopic (exact) mass is 390 g/mol. The van der Waals surface area contributed by atoms with Crippen LogP contribution in [0.2, 0.25) is 0 Å². The molecule has 152 valence electrons. The lowest BCUT2D eigenvalue weighted by Gasteiger charge is -2.40. The molecule has 0 aromatic heterocycles. The van der Waals surface area contributed by atoms with Crippen molar-refractivity contribution in [1.29, 1.82) is 0 Å². The van der Waals surface area contributed by atoms with Crippen LogP contribution in [0.1, 0.15) is 51.2 Å². The van der Waals surface area contributed by atoms with E-state index in [0.717, 1.165) is 30.0 Å². The zero-order valence-electron chi connectivity index (χ0n) is 17.6. The normalized spacial score (nSPS) is 21.9. The number of nitrogens with one attached hydrogen (secondary N) is 1. The minimum atomic E-state index is -0.580. The summed E-state index contributed by atoms with van der Waals surface area (Å²) in [5.74, 6) is 0.946. The molecular weight excluding hydrogens is 360 g/mol. The summed E-state index contributed by atoms with van der Waals surface area (Å²) in [5.41, 5.74) is 2.58. The van der Waals surface area contributed by atoms with Gasteiger partial charge in [-0.05, 0) is 30.2 Å². The Kier molecular flexibility index (Phi) is 5.12. The molecule has 4 rings (SSSR count). The summed E-state index contributed by atoms with van der Waals surface area (Å²) in [6, 6.07) is 16.5. The van der Waals surface area contributed by atoms with Crippen molar-refractivity contribution in [2.75, 3.05) is 18.1 Å². The van der Waals surface area contributed by atoms with Gasteiger partial charge in [-0.2, -0.15) is 0 Å². The van der Waals surface area contributed by atoms with Crippen LogP contribution in [0.4, 0.5) is 5.69 Å². The molecule has 2 aliphatic heterocycles. The number of benzene rings is 2. The fourth-order valence-electron chi connectivity index (χ4n) is 4.63. The Bertz CT molecular complexity index is 934. The fourth-order valence-corrected chi connectivity index (χ4v) is 4.63. The van der Waals surface area contributed by atoms with Gasteiger partial charge in [0.25, 0.3) is 0 Å². The highest BCUT2D eigenvalue weighted by Crippen LogP contribution is 2.52. The number of anilines is 1. The van der Waals surface area contributed by atoms with E-state index in [9.17, 15) is 4.79 Å². The van der Waals surface area contributed by atoms with Crippen molar-refractivity contribution in [3.63, 3.8) is 0 Å². The van der Waals surface area contributed by atoms with Gasteiger partial charge in [-0.1, -0.05) is 76.1 Å². The number of para-hydroxylation sites is 2. The Morgan fingerprint density at radius 1 is 1.10 bits per heavy atom. The van der Waals surface area contributed by atoms with Crippen LogP contribution in [0.3, 0.4) is 0 Å². The van der Waals surface area contributed by atoms with E-state index in [1.165, 1.54) is 18.4 Å². The summed E-state index contributed by atoms with van der Waals surface area (Å²) in [7, 11) is 0. The molecule has 1 atom stereocenters. The van der Waals surface area contributed by atoms with Crippen LogP contribution >= 0.6 is 0 Å². The quantitative estimate of drug-likeness (QED) is 0.684.